The van der Waals surface area contributed by atoms with E-state index < -0.39 is 11.4 Å². The van der Waals surface area contributed by atoms with Crippen LogP contribution < -0.4 is 0 Å². The zero-order valence-electron chi connectivity index (χ0n) is 21.3. The Morgan fingerprint density at radius 3 is 2.34 bits per heavy atom. The lowest BCUT2D eigenvalue weighted by Gasteiger charge is -2.66. The first-order chi connectivity index (χ1) is 14.8. The molecule has 8 atom stereocenters. The highest BCUT2D eigenvalue weighted by atomic mass is 16.4. The first-order valence-electron chi connectivity index (χ1n) is 13.4. The molecule has 0 aromatic carbocycles. The van der Waals surface area contributed by atoms with Crippen molar-refractivity contribution in [2.45, 2.75) is 112 Å². The Kier molecular flexibility index (Phi) is 4.92. The van der Waals surface area contributed by atoms with E-state index in [0.717, 1.165) is 44.9 Å². The lowest BCUT2D eigenvalue weighted by Crippen LogP contribution is -2.61. The van der Waals surface area contributed by atoms with Gasteiger partial charge in [0.05, 0.1) is 11.5 Å². The number of hydrogen-bond donors (Lipinski definition) is 2. The number of allylic oxidation sites excluding steroid dienone is 2. The van der Waals surface area contributed by atoms with Crippen molar-refractivity contribution in [3.8, 4) is 0 Å². The molecule has 0 amide bonds. The molecular weight excluding hydrogens is 396 g/mol. The van der Waals surface area contributed by atoms with Crippen LogP contribution in [0.1, 0.15) is 106 Å². The fourth-order valence-corrected chi connectivity index (χ4v) is 10.5. The number of aliphatic carboxylic acids is 1. The van der Waals surface area contributed by atoms with E-state index in [4.69, 9.17) is 0 Å². The van der Waals surface area contributed by atoms with E-state index in [2.05, 4.69) is 47.6 Å². The van der Waals surface area contributed by atoms with Gasteiger partial charge in [-0.05, 0) is 110 Å². The molecule has 4 fully saturated rings. The van der Waals surface area contributed by atoms with Crippen LogP contribution in [0, 0.1) is 50.7 Å². The Hall–Kier alpha value is -0.830. The minimum atomic E-state index is -0.582. The molecule has 5 rings (SSSR count). The predicted octanol–water partition coefficient (Wildman–Crippen LogP) is 6.84. The number of hydrogen-bond acceptors (Lipinski definition) is 2. The van der Waals surface area contributed by atoms with Gasteiger partial charge in [-0.25, -0.2) is 0 Å². The summed E-state index contributed by atoms with van der Waals surface area (Å²) in [6, 6.07) is 0. The Morgan fingerprint density at radius 2 is 1.66 bits per heavy atom. The molecule has 0 bridgehead atoms. The predicted molar refractivity (Wildman–Crippen MR) is 128 cm³/mol. The number of aliphatic hydroxyl groups excluding tert-OH is 1. The Labute approximate surface area is 195 Å². The van der Waals surface area contributed by atoms with Crippen LogP contribution in [0.2, 0.25) is 0 Å². The van der Waals surface area contributed by atoms with Crippen LogP contribution in [0.25, 0.3) is 0 Å². The number of carbonyl (C=O) groups is 1. The lowest BCUT2D eigenvalue weighted by atomic mass is 9.38. The van der Waals surface area contributed by atoms with Gasteiger partial charge in [-0.3, -0.25) is 4.79 Å². The maximum Gasteiger partial charge on any atom is 0.310 e. The summed E-state index contributed by atoms with van der Waals surface area (Å²) in [5, 5.41) is 21.3. The average Bonchev–Trinajstić information content (AvgIpc) is 2.69. The smallest absolute Gasteiger partial charge is 0.310 e. The standard InChI is InChI=1S/C29H46O3/c1-25(2)15-16-29(24(31)32)14-11-19-18-7-10-22-26(3,4)23(30)12-13-27(22,5)20(18)8-9-21(19)28(29,6)17-25/h11,18,20-23,30H,7-10,12-17H2,1-6H3,(H,31,32)/t18-,20?,21?,22?,23-,27+,28-,29-/m0/s1. The third-order valence-corrected chi connectivity index (χ3v) is 12.2. The molecule has 0 saturated heterocycles. The van der Waals surface area contributed by atoms with E-state index in [1.807, 2.05) is 0 Å². The molecule has 0 heterocycles. The highest BCUT2D eigenvalue weighted by Crippen LogP contribution is 2.71. The Balaban J connectivity index is 1.53. The molecule has 3 heteroatoms. The van der Waals surface area contributed by atoms with E-state index in [9.17, 15) is 15.0 Å². The van der Waals surface area contributed by atoms with Crippen LogP contribution in [0.4, 0.5) is 0 Å². The van der Waals surface area contributed by atoms with Crippen molar-refractivity contribution in [1.29, 1.82) is 0 Å². The van der Waals surface area contributed by atoms with E-state index in [1.165, 1.54) is 19.3 Å². The second-order valence-corrected chi connectivity index (χ2v) is 14.4. The van der Waals surface area contributed by atoms with E-state index in [1.54, 1.807) is 5.57 Å². The first kappa shape index (κ1) is 22.9. The van der Waals surface area contributed by atoms with Gasteiger partial charge >= 0.3 is 5.97 Å². The molecule has 2 N–H and O–H groups in total. The van der Waals surface area contributed by atoms with Crippen LogP contribution in [0.15, 0.2) is 11.6 Å². The summed E-state index contributed by atoms with van der Waals surface area (Å²) in [4.78, 5) is 12.8. The SMILES string of the molecule is CC1(C)CC[C@]2(C(=O)O)CC=C3C(CCC4[C@H]3CCC3C(C)(C)[C@@H](O)CC[C@]43C)[C@]2(C)C1. The molecule has 3 nitrogen and oxygen atoms in total. The normalized spacial score (nSPS) is 51.3. The molecule has 0 aliphatic heterocycles. The summed E-state index contributed by atoms with van der Waals surface area (Å²) in [5.41, 5.74) is 1.43. The van der Waals surface area contributed by atoms with Crippen molar-refractivity contribution < 1.29 is 15.0 Å². The third-order valence-electron chi connectivity index (χ3n) is 12.2. The van der Waals surface area contributed by atoms with Crippen LogP contribution in [0.5, 0.6) is 0 Å². The van der Waals surface area contributed by atoms with Gasteiger partial charge in [0.2, 0.25) is 0 Å². The van der Waals surface area contributed by atoms with Gasteiger partial charge < -0.3 is 10.2 Å². The number of aliphatic hydroxyl groups is 1. The van der Waals surface area contributed by atoms with E-state index in [0.29, 0.717) is 29.1 Å². The summed E-state index contributed by atoms with van der Waals surface area (Å²) < 4.78 is 0. The van der Waals surface area contributed by atoms with Crippen LogP contribution in [0.3, 0.4) is 0 Å². The largest absolute Gasteiger partial charge is 0.481 e. The monoisotopic (exact) mass is 442 g/mol. The van der Waals surface area contributed by atoms with Crippen LogP contribution >= 0.6 is 0 Å². The molecule has 0 radical (unpaired) electrons. The van der Waals surface area contributed by atoms with Crippen molar-refractivity contribution >= 4 is 5.97 Å². The van der Waals surface area contributed by atoms with Crippen molar-refractivity contribution in [2.75, 3.05) is 0 Å². The maximum atomic E-state index is 12.8. The van der Waals surface area contributed by atoms with Crippen molar-refractivity contribution in [2.24, 2.45) is 50.7 Å². The molecule has 0 spiro atoms. The third kappa shape index (κ3) is 2.78. The highest BCUT2D eigenvalue weighted by molar-refractivity contribution is 5.77. The Morgan fingerprint density at radius 1 is 0.938 bits per heavy atom. The number of carboxylic acid groups (broad SMARTS) is 1. The average molecular weight is 443 g/mol. The summed E-state index contributed by atoms with van der Waals surface area (Å²) in [6.07, 6.45) is 12.8. The summed E-state index contributed by atoms with van der Waals surface area (Å²) in [7, 11) is 0. The van der Waals surface area contributed by atoms with E-state index >= 15 is 0 Å². The molecule has 5 aliphatic carbocycles. The molecule has 0 aromatic heterocycles. The van der Waals surface area contributed by atoms with Gasteiger partial charge in [-0.1, -0.05) is 53.2 Å². The van der Waals surface area contributed by atoms with Gasteiger partial charge in [0, 0.05) is 0 Å². The number of rotatable bonds is 1. The minimum absolute atomic E-state index is 0.00635. The van der Waals surface area contributed by atoms with Gasteiger partial charge in [-0.2, -0.15) is 0 Å². The van der Waals surface area contributed by atoms with Gasteiger partial charge in [0.15, 0.2) is 0 Å². The quantitative estimate of drug-likeness (QED) is 0.437. The van der Waals surface area contributed by atoms with Crippen molar-refractivity contribution in [3.63, 3.8) is 0 Å². The van der Waals surface area contributed by atoms with E-state index in [-0.39, 0.29) is 22.3 Å². The maximum absolute atomic E-state index is 12.8. The topological polar surface area (TPSA) is 57.5 Å². The fraction of sp³-hybridized carbons (Fsp3) is 0.897. The van der Waals surface area contributed by atoms with Crippen molar-refractivity contribution in [3.05, 3.63) is 11.6 Å². The van der Waals surface area contributed by atoms with Gasteiger partial charge in [0.25, 0.3) is 0 Å². The zero-order chi connectivity index (χ0) is 23.3. The molecule has 4 saturated carbocycles. The fourth-order valence-electron chi connectivity index (χ4n) is 10.5. The number of carboxylic acids is 1. The zero-order valence-corrected chi connectivity index (χ0v) is 21.3. The minimum Gasteiger partial charge on any atom is -0.481 e. The Bertz CT molecular complexity index is 839. The summed E-state index contributed by atoms with van der Waals surface area (Å²) in [5.74, 6) is 1.77. The molecular formula is C29H46O3. The van der Waals surface area contributed by atoms with Crippen LogP contribution in [-0.2, 0) is 4.79 Å². The lowest BCUT2D eigenvalue weighted by molar-refractivity contribution is -0.182. The summed E-state index contributed by atoms with van der Waals surface area (Å²) >= 11 is 0. The molecule has 3 unspecified atom stereocenters. The van der Waals surface area contributed by atoms with Gasteiger partial charge in [-0.15, -0.1) is 0 Å². The summed E-state index contributed by atoms with van der Waals surface area (Å²) in [6.45, 7) is 14.2. The highest BCUT2D eigenvalue weighted by Gasteiger charge is 2.66. The van der Waals surface area contributed by atoms with Gasteiger partial charge in [0.1, 0.15) is 0 Å². The molecule has 0 aromatic rings. The molecule has 180 valence electrons. The second-order valence-electron chi connectivity index (χ2n) is 14.4. The molecule has 5 aliphatic rings. The number of fused-ring (bicyclic) bond motifs is 7. The van der Waals surface area contributed by atoms with Crippen molar-refractivity contribution in [1.82, 2.24) is 0 Å². The first-order valence-corrected chi connectivity index (χ1v) is 13.4. The van der Waals surface area contributed by atoms with Crippen LogP contribution in [-0.4, -0.2) is 22.3 Å². The second kappa shape index (κ2) is 6.86. The molecule has 32 heavy (non-hydrogen) atoms.